The maximum absolute atomic E-state index is 12.2. The normalized spacial score (nSPS) is 22.4. The first kappa shape index (κ1) is 14.0. The van der Waals surface area contributed by atoms with Gasteiger partial charge in [0.15, 0.2) is 0 Å². The van der Waals surface area contributed by atoms with Gasteiger partial charge in [-0.3, -0.25) is 4.79 Å². The van der Waals surface area contributed by atoms with Crippen molar-refractivity contribution in [2.45, 2.75) is 12.5 Å². The molecule has 1 aromatic rings. The largest absolute Gasteiger partial charge is 0.478 e. The summed E-state index contributed by atoms with van der Waals surface area (Å²) < 4.78 is 5.70. The summed E-state index contributed by atoms with van der Waals surface area (Å²) in [5, 5.41) is 9.09. The highest BCUT2D eigenvalue weighted by Crippen LogP contribution is 2.30. The van der Waals surface area contributed by atoms with Crippen LogP contribution in [0.15, 0.2) is 18.2 Å². The number of morpholine rings is 1. The van der Waals surface area contributed by atoms with Crippen molar-refractivity contribution >= 4 is 17.6 Å². The molecule has 1 atom stereocenters. The molecule has 1 amide bonds. The Bertz CT molecular complexity index is 587. The minimum absolute atomic E-state index is 0.00404. The molecule has 0 aromatic heterocycles. The number of hydrogen-bond acceptors (Lipinski definition) is 4. The van der Waals surface area contributed by atoms with Crippen LogP contribution in [0.4, 0.5) is 5.69 Å². The van der Waals surface area contributed by atoms with Crippen LogP contribution in [0.5, 0.6) is 0 Å². The van der Waals surface area contributed by atoms with Crippen molar-refractivity contribution in [3.05, 3.63) is 29.3 Å². The number of amides is 1. The molecule has 3 rings (SSSR count). The highest BCUT2D eigenvalue weighted by atomic mass is 16.5. The molecule has 2 aliphatic heterocycles. The fraction of sp³-hybridized carbons (Fsp3) is 0.467. The van der Waals surface area contributed by atoms with Gasteiger partial charge in [-0.2, -0.15) is 0 Å². The molecule has 6 heteroatoms. The summed E-state index contributed by atoms with van der Waals surface area (Å²) in [5.74, 6) is -0.977. The molecule has 0 bridgehead atoms. The molecule has 1 aromatic carbocycles. The van der Waals surface area contributed by atoms with Gasteiger partial charge in [-0.05, 0) is 24.7 Å². The Balaban J connectivity index is 1.82. The molecule has 2 heterocycles. The van der Waals surface area contributed by atoms with E-state index in [4.69, 9.17) is 9.84 Å². The van der Waals surface area contributed by atoms with Gasteiger partial charge in [0.05, 0.1) is 31.2 Å². The van der Waals surface area contributed by atoms with Gasteiger partial charge in [-0.15, -0.1) is 0 Å². The van der Waals surface area contributed by atoms with E-state index in [-0.39, 0.29) is 17.6 Å². The predicted molar refractivity (Wildman–Crippen MR) is 76.7 cm³/mol. The third-order valence-electron chi connectivity index (χ3n) is 3.99. The molecule has 1 saturated heterocycles. The number of hydrogen-bond donors (Lipinski definition) is 1. The molecule has 21 heavy (non-hydrogen) atoms. The highest BCUT2D eigenvalue weighted by Gasteiger charge is 2.31. The zero-order valence-corrected chi connectivity index (χ0v) is 11.9. The second-order valence-corrected chi connectivity index (χ2v) is 5.58. The topological polar surface area (TPSA) is 70.1 Å². The molecule has 0 spiro atoms. The molecule has 0 radical (unpaired) electrons. The van der Waals surface area contributed by atoms with E-state index in [9.17, 15) is 9.59 Å². The van der Waals surface area contributed by atoms with Crippen LogP contribution < -0.4 is 4.90 Å². The Morgan fingerprint density at radius 2 is 2.29 bits per heavy atom. The van der Waals surface area contributed by atoms with Crippen LogP contribution in [-0.2, 0) is 16.0 Å². The van der Waals surface area contributed by atoms with E-state index in [1.165, 1.54) is 0 Å². The number of carbonyl (C=O) groups is 2. The number of carboxylic acid groups (broad SMARTS) is 1. The van der Waals surface area contributed by atoms with Gasteiger partial charge in [-0.1, -0.05) is 6.07 Å². The molecular formula is C15H18N2O4. The number of anilines is 1. The van der Waals surface area contributed by atoms with Crippen molar-refractivity contribution in [1.82, 2.24) is 4.90 Å². The first-order chi connectivity index (χ1) is 10.0. The van der Waals surface area contributed by atoms with Crippen LogP contribution in [0.25, 0.3) is 0 Å². The number of nitrogens with zero attached hydrogens (tertiary/aromatic N) is 2. The lowest BCUT2D eigenvalue weighted by Crippen LogP contribution is -2.46. The molecule has 1 fully saturated rings. The SMILES string of the molecule is CN1CCOC(CN2C(=O)Cc3ccc(C(=O)O)cc32)C1. The van der Waals surface area contributed by atoms with Gasteiger partial charge in [0.2, 0.25) is 5.91 Å². The summed E-state index contributed by atoms with van der Waals surface area (Å²) in [5.41, 5.74) is 1.79. The van der Waals surface area contributed by atoms with E-state index in [2.05, 4.69) is 4.90 Å². The minimum atomic E-state index is -0.981. The Morgan fingerprint density at radius 3 is 3.00 bits per heavy atom. The van der Waals surface area contributed by atoms with Gasteiger partial charge in [-0.25, -0.2) is 4.79 Å². The summed E-state index contributed by atoms with van der Waals surface area (Å²) in [7, 11) is 2.03. The van der Waals surface area contributed by atoms with Crippen LogP contribution >= 0.6 is 0 Å². The van der Waals surface area contributed by atoms with Crippen LogP contribution in [0.3, 0.4) is 0 Å². The maximum atomic E-state index is 12.2. The number of fused-ring (bicyclic) bond motifs is 1. The fourth-order valence-corrected chi connectivity index (χ4v) is 2.87. The smallest absolute Gasteiger partial charge is 0.335 e. The van der Waals surface area contributed by atoms with Crippen molar-refractivity contribution in [1.29, 1.82) is 0 Å². The fourth-order valence-electron chi connectivity index (χ4n) is 2.87. The summed E-state index contributed by atoms with van der Waals surface area (Å²) in [4.78, 5) is 27.1. The Kier molecular flexibility index (Phi) is 3.65. The molecule has 2 aliphatic rings. The van der Waals surface area contributed by atoms with E-state index in [0.29, 0.717) is 25.3 Å². The molecule has 1 N–H and O–H groups in total. The van der Waals surface area contributed by atoms with Gasteiger partial charge in [0.1, 0.15) is 0 Å². The van der Waals surface area contributed by atoms with Crippen molar-refractivity contribution in [2.24, 2.45) is 0 Å². The first-order valence-electron chi connectivity index (χ1n) is 7.01. The Labute approximate surface area is 122 Å². The van der Waals surface area contributed by atoms with Crippen LogP contribution in [0, 0.1) is 0 Å². The lowest BCUT2D eigenvalue weighted by molar-refractivity contribution is -0.118. The van der Waals surface area contributed by atoms with Crippen LogP contribution in [-0.4, -0.2) is 61.3 Å². The zero-order chi connectivity index (χ0) is 15.0. The second-order valence-electron chi connectivity index (χ2n) is 5.58. The lowest BCUT2D eigenvalue weighted by Gasteiger charge is -2.32. The second kappa shape index (κ2) is 5.46. The molecular weight excluding hydrogens is 272 g/mol. The van der Waals surface area contributed by atoms with E-state index in [0.717, 1.165) is 18.7 Å². The quantitative estimate of drug-likeness (QED) is 0.883. The van der Waals surface area contributed by atoms with Crippen molar-refractivity contribution in [3.63, 3.8) is 0 Å². The molecule has 6 nitrogen and oxygen atoms in total. The zero-order valence-electron chi connectivity index (χ0n) is 11.9. The number of benzene rings is 1. The lowest BCUT2D eigenvalue weighted by atomic mass is 10.1. The maximum Gasteiger partial charge on any atom is 0.335 e. The Hall–Kier alpha value is -1.92. The van der Waals surface area contributed by atoms with Gasteiger partial charge >= 0.3 is 5.97 Å². The third kappa shape index (κ3) is 2.77. The predicted octanol–water partition coefficient (Wildman–Crippen LogP) is 0.604. The number of carboxylic acids is 1. The summed E-state index contributed by atoms with van der Waals surface area (Å²) in [6.45, 7) is 2.80. The Morgan fingerprint density at radius 1 is 1.48 bits per heavy atom. The average Bonchev–Trinajstić information content (AvgIpc) is 2.74. The van der Waals surface area contributed by atoms with E-state index >= 15 is 0 Å². The molecule has 112 valence electrons. The van der Waals surface area contributed by atoms with Crippen LogP contribution in [0.2, 0.25) is 0 Å². The summed E-state index contributed by atoms with van der Waals surface area (Å²) >= 11 is 0. The number of ether oxygens (including phenoxy) is 1. The van der Waals surface area contributed by atoms with Gasteiger partial charge < -0.3 is 19.6 Å². The first-order valence-corrected chi connectivity index (χ1v) is 7.01. The summed E-state index contributed by atoms with van der Waals surface area (Å²) in [6.07, 6.45) is 0.296. The monoisotopic (exact) mass is 290 g/mol. The molecule has 0 aliphatic carbocycles. The van der Waals surface area contributed by atoms with Crippen molar-refractivity contribution < 1.29 is 19.4 Å². The minimum Gasteiger partial charge on any atom is -0.478 e. The number of aromatic carboxylic acids is 1. The van der Waals surface area contributed by atoms with E-state index in [1.807, 2.05) is 7.05 Å². The third-order valence-corrected chi connectivity index (χ3v) is 3.99. The van der Waals surface area contributed by atoms with Gasteiger partial charge in [0, 0.05) is 18.8 Å². The standard InChI is InChI=1S/C15H18N2O4/c1-16-4-5-21-12(8-16)9-17-13-6-11(15(19)20)3-2-10(13)7-14(17)18/h2-3,6,12H,4-5,7-9H2,1H3,(H,19,20). The van der Waals surface area contributed by atoms with Gasteiger partial charge in [0.25, 0.3) is 0 Å². The van der Waals surface area contributed by atoms with Crippen LogP contribution in [0.1, 0.15) is 15.9 Å². The summed E-state index contributed by atoms with van der Waals surface area (Å²) in [6, 6.07) is 4.85. The van der Waals surface area contributed by atoms with E-state index in [1.54, 1.807) is 23.1 Å². The average molecular weight is 290 g/mol. The van der Waals surface area contributed by atoms with Crippen molar-refractivity contribution in [2.75, 3.05) is 38.2 Å². The van der Waals surface area contributed by atoms with Crippen molar-refractivity contribution in [3.8, 4) is 0 Å². The highest BCUT2D eigenvalue weighted by molar-refractivity contribution is 6.03. The number of carbonyl (C=O) groups excluding carboxylic acids is 1. The number of likely N-dealkylation sites (N-methyl/N-ethyl adjacent to an activating group) is 1. The number of rotatable bonds is 3. The van der Waals surface area contributed by atoms with E-state index < -0.39 is 5.97 Å². The molecule has 0 saturated carbocycles. The molecule has 1 unspecified atom stereocenters.